The van der Waals surface area contributed by atoms with Crippen LogP contribution in [0, 0.1) is 5.82 Å². The van der Waals surface area contributed by atoms with Crippen molar-refractivity contribution in [1.82, 2.24) is 15.0 Å². The lowest BCUT2D eigenvalue weighted by molar-refractivity contribution is 0.262. The van der Waals surface area contributed by atoms with Crippen LogP contribution in [0.2, 0.25) is 0 Å². The van der Waals surface area contributed by atoms with Gasteiger partial charge in [0.25, 0.3) is 0 Å². The second kappa shape index (κ2) is 9.65. The molecule has 0 spiro atoms. The second-order valence-electron chi connectivity index (χ2n) is 6.75. The molecule has 0 saturated heterocycles. The molecule has 2 N–H and O–H groups in total. The fourth-order valence-electron chi connectivity index (χ4n) is 2.95. The van der Waals surface area contributed by atoms with E-state index in [1.54, 1.807) is 48.8 Å². The van der Waals surface area contributed by atoms with Gasteiger partial charge in [0, 0.05) is 24.5 Å². The van der Waals surface area contributed by atoms with E-state index in [2.05, 4.69) is 25.6 Å². The predicted octanol–water partition coefficient (Wildman–Crippen LogP) is 5.68. The number of amides is 2. The Hall–Kier alpha value is -4.33. The van der Waals surface area contributed by atoms with E-state index >= 15 is 0 Å². The Morgan fingerprint density at radius 1 is 0.938 bits per heavy atom. The van der Waals surface area contributed by atoms with E-state index in [1.165, 1.54) is 12.1 Å². The summed E-state index contributed by atoms with van der Waals surface area (Å²) in [5, 5.41) is 5.12. The second-order valence-corrected chi connectivity index (χ2v) is 6.75. The van der Waals surface area contributed by atoms with Gasteiger partial charge in [0.2, 0.25) is 5.88 Å². The Morgan fingerprint density at radius 2 is 1.75 bits per heavy atom. The monoisotopic (exact) mass is 429 g/mol. The molecule has 4 aromatic rings. The molecule has 0 aliphatic rings. The number of nitrogens with one attached hydrogen (secondary N) is 2. The van der Waals surface area contributed by atoms with Gasteiger partial charge in [-0.25, -0.2) is 24.1 Å². The fourth-order valence-corrected chi connectivity index (χ4v) is 2.95. The van der Waals surface area contributed by atoms with Crippen molar-refractivity contribution >= 4 is 17.4 Å². The summed E-state index contributed by atoms with van der Waals surface area (Å²) in [7, 11) is 0. The topological polar surface area (TPSA) is 89.0 Å². The van der Waals surface area contributed by atoms with Gasteiger partial charge in [-0.3, -0.25) is 0 Å². The highest BCUT2D eigenvalue weighted by molar-refractivity contribution is 5.99. The Kier molecular flexibility index (Phi) is 6.31. The van der Waals surface area contributed by atoms with Gasteiger partial charge in [-0.05, 0) is 54.6 Å². The molecule has 2 aromatic carbocycles. The van der Waals surface area contributed by atoms with Gasteiger partial charge in [0.1, 0.15) is 17.4 Å². The molecule has 2 heterocycles. The highest BCUT2D eigenvalue weighted by Gasteiger charge is 2.11. The van der Waals surface area contributed by atoms with Crippen LogP contribution >= 0.6 is 0 Å². The quantitative estimate of drug-likeness (QED) is 0.412. The van der Waals surface area contributed by atoms with Crippen LogP contribution in [-0.4, -0.2) is 21.0 Å². The number of hydrogen-bond donors (Lipinski definition) is 2. The lowest BCUT2D eigenvalue weighted by Gasteiger charge is -2.11. The number of pyridine rings is 1. The summed E-state index contributed by atoms with van der Waals surface area (Å²) >= 11 is 0. The van der Waals surface area contributed by atoms with Crippen molar-refractivity contribution < 1.29 is 13.9 Å². The number of nitrogens with zero attached hydrogens (tertiary/aromatic N) is 3. The van der Waals surface area contributed by atoms with Crippen LogP contribution in [-0.2, 0) is 6.42 Å². The van der Waals surface area contributed by atoms with Crippen molar-refractivity contribution in [1.29, 1.82) is 0 Å². The minimum absolute atomic E-state index is 0.101. The van der Waals surface area contributed by atoms with E-state index in [0.29, 0.717) is 17.3 Å². The highest BCUT2D eigenvalue weighted by atomic mass is 19.1. The molecule has 0 fully saturated rings. The first-order valence-electron chi connectivity index (χ1n) is 10.00. The lowest BCUT2D eigenvalue weighted by atomic mass is 10.2. The predicted molar refractivity (Wildman–Crippen MR) is 120 cm³/mol. The zero-order chi connectivity index (χ0) is 22.3. The molecule has 8 heteroatoms. The van der Waals surface area contributed by atoms with E-state index in [1.807, 2.05) is 25.1 Å². The third kappa shape index (κ3) is 5.04. The Balaban J connectivity index is 1.45. The summed E-state index contributed by atoms with van der Waals surface area (Å²) in [5.41, 5.74) is 2.10. The zero-order valence-corrected chi connectivity index (χ0v) is 17.2. The SMILES string of the molecule is CCc1nccc(-c2cccnc2Oc2ccc(NC(=O)Nc3ccccc3F)cc2)n1. The molecule has 160 valence electrons. The molecule has 7 nitrogen and oxygen atoms in total. The molecule has 4 rings (SSSR count). The molecule has 32 heavy (non-hydrogen) atoms. The number of benzene rings is 2. The van der Waals surface area contributed by atoms with Gasteiger partial charge < -0.3 is 15.4 Å². The molecule has 0 radical (unpaired) electrons. The summed E-state index contributed by atoms with van der Waals surface area (Å²) in [5.74, 6) is 1.18. The van der Waals surface area contributed by atoms with E-state index < -0.39 is 11.8 Å². The molecule has 0 bridgehead atoms. The summed E-state index contributed by atoms with van der Waals surface area (Å²) in [4.78, 5) is 25.2. The number of urea groups is 1. The number of aryl methyl sites for hydroxylation is 1. The molecule has 0 atom stereocenters. The minimum Gasteiger partial charge on any atom is -0.438 e. The fraction of sp³-hybridized carbons (Fsp3) is 0.0833. The largest absolute Gasteiger partial charge is 0.438 e. The number of aromatic nitrogens is 3. The van der Waals surface area contributed by atoms with Crippen molar-refractivity contribution in [3.05, 3.63) is 90.8 Å². The maximum atomic E-state index is 13.7. The van der Waals surface area contributed by atoms with Crippen LogP contribution in [0.4, 0.5) is 20.6 Å². The highest BCUT2D eigenvalue weighted by Crippen LogP contribution is 2.30. The van der Waals surface area contributed by atoms with Crippen LogP contribution in [0.25, 0.3) is 11.3 Å². The van der Waals surface area contributed by atoms with Crippen molar-refractivity contribution in [3.63, 3.8) is 0 Å². The van der Waals surface area contributed by atoms with Crippen molar-refractivity contribution in [3.8, 4) is 22.9 Å². The van der Waals surface area contributed by atoms with E-state index in [-0.39, 0.29) is 5.69 Å². The van der Waals surface area contributed by atoms with Crippen LogP contribution in [0.5, 0.6) is 11.6 Å². The number of carbonyl (C=O) groups excluding carboxylic acids is 1. The van der Waals surface area contributed by atoms with Gasteiger partial charge in [0.15, 0.2) is 0 Å². The van der Waals surface area contributed by atoms with Gasteiger partial charge in [-0.15, -0.1) is 0 Å². The molecule has 0 aliphatic carbocycles. The first-order valence-corrected chi connectivity index (χ1v) is 10.00. The lowest BCUT2D eigenvalue weighted by Crippen LogP contribution is -2.20. The van der Waals surface area contributed by atoms with Gasteiger partial charge in [-0.1, -0.05) is 19.1 Å². The molecule has 2 amide bonds. The molecular weight excluding hydrogens is 409 g/mol. The van der Waals surface area contributed by atoms with Gasteiger partial charge in [-0.2, -0.15) is 0 Å². The zero-order valence-electron chi connectivity index (χ0n) is 17.2. The number of para-hydroxylation sites is 1. The third-order valence-electron chi connectivity index (χ3n) is 4.52. The summed E-state index contributed by atoms with van der Waals surface area (Å²) in [6.07, 6.45) is 4.08. The van der Waals surface area contributed by atoms with E-state index in [0.717, 1.165) is 23.5 Å². The van der Waals surface area contributed by atoms with Crippen LogP contribution in [0.1, 0.15) is 12.7 Å². The smallest absolute Gasteiger partial charge is 0.323 e. The van der Waals surface area contributed by atoms with Crippen molar-refractivity contribution in [2.45, 2.75) is 13.3 Å². The van der Waals surface area contributed by atoms with Crippen molar-refractivity contribution in [2.24, 2.45) is 0 Å². The Bertz CT molecular complexity index is 1230. The van der Waals surface area contributed by atoms with E-state index in [4.69, 9.17) is 4.74 Å². The molecule has 0 unspecified atom stereocenters. The van der Waals surface area contributed by atoms with Crippen molar-refractivity contribution in [2.75, 3.05) is 10.6 Å². The van der Waals surface area contributed by atoms with Crippen LogP contribution < -0.4 is 15.4 Å². The van der Waals surface area contributed by atoms with Gasteiger partial charge in [0.05, 0.1) is 16.9 Å². The Morgan fingerprint density at radius 3 is 2.53 bits per heavy atom. The average Bonchev–Trinajstić information content (AvgIpc) is 2.82. The van der Waals surface area contributed by atoms with Gasteiger partial charge >= 0.3 is 6.03 Å². The minimum atomic E-state index is -0.550. The molecule has 2 aromatic heterocycles. The standard InChI is InChI=1S/C24H20FN5O2/c1-2-22-26-15-13-20(29-22)18-6-5-14-27-23(18)32-17-11-9-16(10-12-17)28-24(31)30-21-8-4-3-7-19(21)25/h3-15H,2H2,1H3,(H2,28,30,31). The number of rotatable bonds is 6. The number of anilines is 2. The molecule has 0 saturated carbocycles. The Labute approximate surface area is 184 Å². The first-order chi connectivity index (χ1) is 15.6. The average molecular weight is 429 g/mol. The summed E-state index contributed by atoms with van der Waals surface area (Å²) in [6, 6.07) is 17.7. The number of carbonyl (C=O) groups is 1. The number of hydrogen-bond acceptors (Lipinski definition) is 5. The number of halogens is 1. The summed E-state index contributed by atoms with van der Waals surface area (Å²) in [6.45, 7) is 1.99. The molecular formula is C24H20FN5O2. The maximum absolute atomic E-state index is 13.7. The van der Waals surface area contributed by atoms with Crippen LogP contribution in [0.15, 0.2) is 79.1 Å². The normalized spacial score (nSPS) is 10.4. The third-order valence-corrected chi connectivity index (χ3v) is 4.52. The van der Waals surface area contributed by atoms with E-state index in [9.17, 15) is 9.18 Å². The first kappa shape index (κ1) is 20.9. The summed E-state index contributed by atoms with van der Waals surface area (Å²) < 4.78 is 19.6. The molecule has 0 aliphatic heterocycles. The number of ether oxygens (including phenoxy) is 1. The van der Waals surface area contributed by atoms with Crippen LogP contribution in [0.3, 0.4) is 0 Å². The maximum Gasteiger partial charge on any atom is 0.323 e.